The van der Waals surface area contributed by atoms with Gasteiger partial charge in [-0.1, -0.05) is 18.2 Å². The third-order valence-corrected chi connectivity index (χ3v) is 5.65. The van der Waals surface area contributed by atoms with Crippen LogP contribution in [0, 0.1) is 0 Å². The Morgan fingerprint density at radius 3 is 2.44 bits per heavy atom. The number of halogens is 2. The lowest BCUT2D eigenvalue weighted by Crippen LogP contribution is -2.37. The number of hydrogen-bond acceptors (Lipinski definition) is 7. The van der Waals surface area contributed by atoms with Crippen molar-refractivity contribution in [1.82, 2.24) is 10.2 Å². The molecule has 11 heteroatoms. The molecule has 0 radical (unpaired) electrons. The molecular formula is C23H22F2N2O6S. The molecule has 1 fully saturated rings. The minimum absolute atomic E-state index is 0.0101. The molecule has 3 rings (SSSR count). The Morgan fingerprint density at radius 2 is 1.79 bits per heavy atom. The number of ether oxygens (including phenoxy) is 3. The number of hydrogen-bond donors (Lipinski definition) is 1. The van der Waals surface area contributed by atoms with Crippen LogP contribution in [-0.4, -0.2) is 55.9 Å². The molecule has 1 aliphatic rings. The van der Waals surface area contributed by atoms with Crippen LogP contribution in [0.1, 0.15) is 11.1 Å². The van der Waals surface area contributed by atoms with E-state index >= 15 is 0 Å². The van der Waals surface area contributed by atoms with Crippen LogP contribution < -0.4 is 19.5 Å². The van der Waals surface area contributed by atoms with Crippen LogP contribution in [0.2, 0.25) is 0 Å². The zero-order valence-electron chi connectivity index (χ0n) is 18.4. The monoisotopic (exact) mass is 492 g/mol. The third-order valence-electron chi connectivity index (χ3n) is 4.75. The van der Waals surface area contributed by atoms with E-state index in [1.54, 1.807) is 18.2 Å². The maximum atomic E-state index is 12.6. The molecule has 0 unspecified atom stereocenters. The third kappa shape index (κ3) is 6.47. The van der Waals surface area contributed by atoms with Gasteiger partial charge < -0.3 is 19.5 Å². The Kier molecular flexibility index (Phi) is 8.47. The van der Waals surface area contributed by atoms with Gasteiger partial charge in [0.1, 0.15) is 5.75 Å². The Hall–Kier alpha value is -3.60. The number of carbonyl (C=O) groups excluding carboxylic acids is 3. The Labute approximate surface area is 198 Å². The highest BCUT2D eigenvalue weighted by molar-refractivity contribution is 8.18. The highest BCUT2D eigenvalue weighted by Gasteiger charge is 2.34. The number of nitrogens with one attached hydrogen (secondary N) is 1. The summed E-state index contributed by atoms with van der Waals surface area (Å²) in [5, 5.41) is 2.23. The van der Waals surface area contributed by atoms with Gasteiger partial charge in [0.25, 0.3) is 11.1 Å². The molecular weight excluding hydrogens is 470 g/mol. The SMILES string of the molecule is COc1ccc(CC(=O)NCCN2C(=O)S/C(=C\c3ccc(OC(F)F)cc3)C2=O)cc1OC. The zero-order chi connectivity index (χ0) is 24.7. The number of rotatable bonds is 10. The van der Waals surface area contributed by atoms with E-state index in [4.69, 9.17) is 9.47 Å². The largest absolute Gasteiger partial charge is 0.493 e. The average molecular weight is 493 g/mol. The molecule has 0 spiro atoms. The van der Waals surface area contributed by atoms with Gasteiger partial charge in [0.15, 0.2) is 11.5 Å². The van der Waals surface area contributed by atoms with Gasteiger partial charge in [-0.3, -0.25) is 19.3 Å². The van der Waals surface area contributed by atoms with E-state index in [1.807, 2.05) is 0 Å². The number of amides is 3. The molecule has 0 bridgehead atoms. The van der Waals surface area contributed by atoms with Crippen molar-refractivity contribution in [3.05, 3.63) is 58.5 Å². The van der Waals surface area contributed by atoms with E-state index in [0.29, 0.717) is 22.6 Å². The van der Waals surface area contributed by atoms with Crippen molar-refractivity contribution >= 4 is 34.9 Å². The fourth-order valence-corrected chi connectivity index (χ4v) is 4.00. The molecule has 180 valence electrons. The molecule has 34 heavy (non-hydrogen) atoms. The second-order valence-electron chi connectivity index (χ2n) is 7.00. The Balaban J connectivity index is 1.52. The second kappa shape index (κ2) is 11.5. The molecule has 1 aliphatic heterocycles. The van der Waals surface area contributed by atoms with Gasteiger partial charge in [0, 0.05) is 13.1 Å². The number of alkyl halides is 2. The van der Waals surface area contributed by atoms with Crippen molar-refractivity contribution in [2.45, 2.75) is 13.0 Å². The number of imide groups is 1. The molecule has 1 N–H and O–H groups in total. The predicted octanol–water partition coefficient (Wildman–Crippen LogP) is 3.70. The Bertz CT molecular complexity index is 1090. The number of nitrogens with zero attached hydrogens (tertiary/aromatic N) is 1. The summed E-state index contributed by atoms with van der Waals surface area (Å²) in [7, 11) is 3.02. The van der Waals surface area contributed by atoms with E-state index in [1.165, 1.54) is 44.6 Å². The van der Waals surface area contributed by atoms with Crippen LogP contribution >= 0.6 is 11.8 Å². The van der Waals surface area contributed by atoms with Crippen LogP contribution in [0.25, 0.3) is 6.08 Å². The summed E-state index contributed by atoms with van der Waals surface area (Å²) in [4.78, 5) is 38.3. The minimum Gasteiger partial charge on any atom is -0.493 e. The van der Waals surface area contributed by atoms with Gasteiger partial charge in [-0.2, -0.15) is 8.78 Å². The summed E-state index contributed by atoms with van der Waals surface area (Å²) in [6.45, 7) is -2.82. The van der Waals surface area contributed by atoms with E-state index < -0.39 is 17.8 Å². The van der Waals surface area contributed by atoms with Crippen LogP contribution in [0.3, 0.4) is 0 Å². The summed E-state index contributed by atoms with van der Waals surface area (Å²) < 4.78 is 39.2. The van der Waals surface area contributed by atoms with E-state index in [9.17, 15) is 23.2 Å². The first kappa shape index (κ1) is 25.0. The zero-order valence-corrected chi connectivity index (χ0v) is 19.2. The maximum absolute atomic E-state index is 12.6. The number of methoxy groups -OCH3 is 2. The fourth-order valence-electron chi connectivity index (χ4n) is 3.14. The van der Waals surface area contributed by atoms with Crippen molar-refractivity contribution in [2.24, 2.45) is 0 Å². The summed E-state index contributed by atoms with van der Waals surface area (Å²) >= 11 is 0.769. The van der Waals surface area contributed by atoms with E-state index in [-0.39, 0.29) is 36.1 Å². The van der Waals surface area contributed by atoms with Gasteiger partial charge in [-0.05, 0) is 53.2 Å². The van der Waals surface area contributed by atoms with E-state index in [2.05, 4.69) is 10.1 Å². The molecule has 8 nitrogen and oxygen atoms in total. The topological polar surface area (TPSA) is 94.2 Å². The molecule has 0 aliphatic carbocycles. The first-order valence-electron chi connectivity index (χ1n) is 10.1. The molecule has 2 aromatic carbocycles. The molecule has 1 saturated heterocycles. The van der Waals surface area contributed by atoms with Crippen LogP contribution in [0.5, 0.6) is 17.2 Å². The second-order valence-corrected chi connectivity index (χ2v) is 7.99. The predicted molar refractivity (Wildman–Crippen MR) is 122 cm³/mol. The number of thioether (sulfide) groups is 1. The normalized spacial score (nSPS) is 14.6. The highest BCUT2D eigenvalue weighted by Crippen LogP contribution is 2.32. The Morgan fingerprint density at radius 1 is 1.09 bits per heavy atom. The summed E-state index contributed by atoms with van der Waals surface area (Å²) in [5.74, 6) is 0.284. The van der Waals surface area contributed by atoms with Gasteiger partial charge in [-0.15, -0.1) is 0 Å². The highest BCUT2D eigenvalue weighted by atomic mass is 32.2. The van der Waals surface area contributed by atoms with Crippen molar-refractivity contribution in [2.75, 3.05) is 27.3 Å². The molecule has 0 atom stereocenters. The smallest absolute Gasteiger partial charge is 0.387 e. The van der Waals surface area contributed by atoms with Crippen molar-refractivity contribution in [1.29, 1.82) is 0 Å². The molecule has 3 amide bonds. The molecule has 0 saturated carbocycles. The van der Waals surface area contributed by atoms with Crippen LogP contribution in [0.15, 0.2) is 47.4 Å². The van der Waals surface area contributed by atoms with E-state index in [0.717, 1.165) is 16.7 Å². The van der Waals surface area contributed by atoms with Gasteiger partial charge >= 0.3 is 6.61 Å². The van der Waals surface area contributed by atoms with Crippen LogP contribution in [0.4, 0.5) is 13.6 Å². The first-order chi connectivity index (χ1) is 16.3. The summed E-state index contributed by atoms with van der Waals surface area (Å²) in [6, 6.07) is 10.8. The summed E-state index contributed by atoms with van der Waals surface area (Å²) in [5.41, 5.74) is 1.27. The minimum atomic E-state index is -2.93. The maximum Gasteiger partial charge on any atom is 0.387 e. The molecule has 1 heterocycles. The van der Waals surface area contributed by atoms with Crippen molar-refractivity contribution in [3.63, 3.8) is 0 Å². The molecule has 2 aromatic rings. The number of carbonyl (C=O) groups is 3. The van der Waals surface area contributed by atoms with Crippen molar-refractivity contribution < 1.29 is 37.4 Å². The summed E-state index contributed by atoms with van der Waals surface area (Å²) in [6.07, 6.45) is 1.58. The average Bonchev–Trinajstić information content (AvgIpc) is 3.07. The first-order valence-corrected chi connectivity index (χ1v) is 10.9. The fraction of sp³-hybridized carbons (Fsp3) is 0.261. The number of benzene rings is 2. The van der Waals surface area contributed by atoms with Gasteiger partial charge in [0.05, 0.1) is 25.5 Å². The lowest BCUT2D eigenvalue weighted by atomic mass is 10.1. The quantitative estimate of drug-likeness (QED) is 0.506. The molecule has 0 aromatic heterocycles. The van der Waals surface area contributed by atoms with Crippen molar-refractivity contribution in [3.8, 4) is 17.2 Å². The lowest BCUT2D eigenvalue weighted by Gasteiger charge is -2.13. The standard InChI is InChI=1S/C23H22F2N2O6S/c1-31-17-8-5-15(11-18(17)32-2)13-20(28)26-9-10-27-21(29)19(34-23(27)30)12-14-3-6-16(7-4-14)33-22(24)25/h3-8,11-12,22H,9-10,13H2,1-2H3,(H,26,28)/b19-12-. The van der Waals surface area contributed by atoms with Gasteiger partial charge in [0.2, 0.25) is 5.91 Å². The van der Waals surface area contributed by atoms with Gasteiger partial charge in [-0.25, -0.2) is 0 Å². The lowest BCUT2D eigenvalue weighted by molar-refractivity contribution is -0.124. The van der Waals surface area contributed by atoms with Crippen LogP contribution in [-0.2, 0) is 16.0 Å².